The first-order valence-corrected chi connectivity index (χ1v) is 9.30. The van der Waals surface area contributed by atoms with Crippen molar-refractivity contribution in [3.63, 3.8) is 0 Å². The molecule has 0 radical (unpaired) electrons. The van der Waals surface area contributed by atoms with Gasteiger partial charge in [-0.25, -0.2) is 4.39 Å². The summed E-state index contributed by atoms with van der Waals surface area (Å²) >= 11 is 5.27. The maximum Gasteiger partial charge on any atom is 0.292 e. The van der Waals surface area contributed by atoms with Crippen LogP contribution in [-0.4, -0.2) is 23.9 Å². The van der Waals surface area contributed by atoms with Crippen LogP contribution in [-0.2, 0) is 13.2 Å². The number of hydrogen-bond acceptors (Lipinski definition) is 5. The summed E-state index contributed by atoms with van der Waals surface area (Å²) < 4.78 is 31.7. The number of methoxy groups -OCH3 is 1. The quantitative estimate of drug-likeness (QED) is 0.585. The van der Waals surface area contributed by atoms with Gasteiger partial charge in [-0.3, -0.25) is 0 Å². The number of para-hydroxylation sites is 1. The van der Waals surface area contributed by atoms with Crippen LogP contribution in [0.2, 0.25) is 0 Å². The van der Waals surface area contributed by atoms with Crippen molar-refractivity contribution >= 4 is 12.2 Å². The van der Waals surface area contributed by atoms with Gasteiger partial charge in [0.25, 0.3) is 10.7 Å². The monoisotopic (exact) mass is 404 g/mol. The summed E-state index contributed by atoms with van der Waals surface area (Å²) in [7, 11) is 3.69. The summed E-state index contributed by atoms with van der Waals surface area (Å²) in [6.07, 6.45) is -0.568. The fraction of sp³-hybridized carbons (Fsp3) is 0.300. The van der Waals surface area contributed by atoms with E-state index in [9.17, 15) is 4.39 Å². The second-order valence-electron chi connectivity index (χ2n) is 6.54. The fourth-order valence-electron chi connectivity index (χ4n) is 2.77. The highest BCUT2D eigenvalue weighted by atomic mass is 32.1. The Balaban J connectivity index is 1.64. The molecule has 2 aromatic carbocycles. The zero-order chi connectivity index (χ0) is 20.1. The molecular weight excluding hydrogens is 381 g/mol. The van der Waals surface area contributed by atoms with Crippen molar-refractivity contribution in [1.29, 1.82) is 0 Å². The molecule has 6 nitrogen and oxygen atoms in total. The van der Waals surface area contributed by atoms with Crippen molar-refractivity contribution in [2.75, 3.05) is 14.2 Å². The van der Waals surface area contributed by atoms with Crippen molar-refractivity contribution in [2.45, 2.75) is 26.2 Å². The first kappa shape index (κ1) is 20.0. The molecule has 2 atom stereocenters. The van der Waals surface area contributed by atoms with E-state index in [0.29, 0.717) is 12.6 Å². The molecule has 0 saturated carbocycles. The third-order valence-corrected chi connectivity index (χ3v) is 4.49. The number of halogens is 1. The van der Waals surface area contributed by atoms with Gasteiger partial charge in [0.1, 0.15) is 12.3 Å². The summed E-state index contributed by atoms with van der Waals surface area (Å²) in [5.41, 5.74) is 1.17. The van der Waals surface area contributed by atoms with Crippen molar-refractivity contribution in [1.82, 2.24) is 9.78 Å². The van der Waals surface area contributed by atoms with E-state index in [2.05, 4.69) is 5.10 Å². The first-order chi connectivity index (χ1) is 13.5. The van der Waals surface area contributed by atoms with Gasteiger partial charge in [-0.2, -0.15) is 4.68 Å². The van der Waals surface area contributed by atoms with Gasteiger partial charge in [0, 0.05) is 5.56 Å². The predicted molar refractivity (Wildman–Crippen MR) is 104 cm³/mol. The normalized spacial score (nSPS) is 13.1. The van der Waals surface area contributed by atoms with Crippen LogP contribution >= 0.6 is 12.2 Å². The van der Waals surface area contributed by atoms with Gasteiger partial charge in [0.2, 0.25) is 0 Å². The second kappa shape index (κ2) is 8.99. The van der Waals surface area contributed by atoms with E-state index in [4.69, 9.17) is 26.1 Å². The third-order valence-electron chi connectivity index (χ3n) is 4.19. The molecule has 3 rings (SSSR count). The van der Waals surface area contributed by atoms with E-state index in [1.54, 1.807) is 36.9 Å². The zero-order valence-electron chi connectivity index (χ0n) is 16.0. The van der Waals surface area contributed by atoms with Gasteiger partial charge in [0.15, 0.2) is 24.3 Å². The molecule has 1 aromatic heterocycles. The molecule has 0 spiro atoms. The molecule has 8 heteroatoms. The highest BCUT2D eigenvalue weighted by molar-refractivity contribution is 7.71. The fourth-order valence-corrected chi connectivity index (χ4v) is 2.96. The van der Waals surface area contributed by atoms with E-state index < -0.39 is 11.9 Å². The Morgan fingerprint density at radius 2 is 1.93 bits per heavy atom. The molecule has 1 N–H and O–H groups in total. The minimum absolute atomic E-state index is 0.146. The predicted octanol–water partition coefficient (Wildman–Crippen LogP) is 3.17. The lowest BCUT2D eigenvalue weighted by atomic mass is 10.2. The SMILES string of the molecule is COc1ccc(C[NH+](C)Cn2nc([C@@H](C)Oc3ccccc3F)oc2=S)cc1. The number of ether oxygens (including phenoxy) is 2. The Morgan fingerprint density at radius 3 is 2.61 bits per heavy atom. The van der Waals surface area contributed by atoms with Crippen LogP contribution in [0.5, 0.6) is 11.5 Å². The maximum atomic E-state index is 13.8. The van der Waals surface area contributed by atoms with Crippen LogP contribution < -0.4 is 14.4 Å². The number of aromatic nitrogens is 2. The van der Waals surface area contributed by atoms with E-state index in [-0.39, 0.29) is 10.6 Å². The lowest BCUT2D eigenvalue weighted by Crippen LogP contribution is -3.07. The topological polar surface area (TPSA) is 53.9 Å². The smallest absolute Gasteiger partial charge is 0.292 e. The summed E-state index contributed by atoms with van der Waals surface area (Å²) in [5.74, 6) is 0.850. The minimum Gasteiger partial charge on any atom is -0.497 e. The molecule has 1 unspecified atom stereocenters. The number of hydrogen-bond donors (Lipinski definition) is 1. The summed E-state index contributed by atoms with van der Waals surface area (Å²) in [4.78, 5) is 1.43. The van der Waals surface area contributed by atoms with E-state index in [0.717, 1.165) is 12.3 Å². The van der Waals surface area contributed by atoms with Gasteiger partial charge in [-0.05, 0) is 55.5 Å². The summed E-state index contributed by atoms with van der Waals surface area (Å²) in [5, 5.41) is 4.40. The Labute approximate surface area is 168 Å². The number of nitrogens with zero attached hydrogens (tertiary/aromatic N) is 2. The van der Waals surface area contributed by atoms with Gasteiger partial charge in [-0.15, -0.1) is 5.10 Å². The molecule has 0 amide bonds. The van der Waals surface area contributed by atoms with Gasteiger partial charge in [0.05, 0.1) is 14.2 Å². The molecule has 0 bridgehead atoms. The molecular formula is C20H23FN3O3S+. The molecule has 3 aromatic rings. The van der Waals surface area contributed by atoms with Crippen molar-refractivity contribution in [2.24, 2.45) is 0 Å². The Hall–Kier alpha value is -2.71. The lowest BCUT2D eigenvalue weighted by Gasteiger charge is -2.14. The van der Waals surface area contributed by atoms with Crippen molar-refractivity contribution < 1.29 is 23.2 Å². The first-order valence-electron chi connectivity index (χ1n) is 8.89. The van der Waals surface area contributed by atoms with Crippen molar-refractivity contribution in [3.05, 3.63) is 70.6 Å². The Bertz CT molecular complexity index is 971. The summed E-state index contributed by atoms with van der Waals surface area (Å²) in [6, 6.07) is 14.1. The highest BCUT2D eigenvalue weighted by Gasteiger charge is 2.18. The standard InChI is InChI=1S/C20H22FN3O3S/c1-14(26-18-7-5-4-6-17(18)21)19-22-24(20(28)27-19)13-23(2)12-15-8-10-16(25-3)11-9-15/h4-11,14H,12-13H2,1-3H3/p+1/t14-/m1/s1. The number of quaternary nitrogens is 1. The average Bonchev–Trinajstić information content (AvgIpc) is 3.04. The lowest BCUT2D eigenvalue weighted by molar-refractivity contribution is -0.917. The largest absolute Gasteiger partial charge is 0.497 e. The Morgan fingerprint density at radius 1 is 1.21 bits per heavy atom. The van der Waals surface area contributed by atoms with Crippen LogP contribution in [0, 0.1) is 10.7 Å². The van der Waals surface area contributed by atoms with Crippen LogP contribution in [0.25, 0.3) is 0 Å². The van der Waals surface area contributed by atoms with Gasteiger partial charge in [-0.1, -0.05) is 12.1 Å². The number of benzene rings is 2. The molecule has 0 aliphatic rings. The third kappa shape index (κ3) is 4.96. The maximum absolute atomic E-state index is 13.8. The molecule has 0 aliphatic heterocycles. The van der Waals surface area contributed by atoms with Crippen molar-refractivity contribution in [3.8, 4) is 11.5 Å². The van der Waals surface area contributed by atoms with Crippen LogP contribution in [0.15, 0.2) is 52.9 Å². The molecule has 28 heavy (non-hydrogen) atoms. The summed E-state index contributed by atoms with van der Waals surface area (Å²) in [6.45, 7) is 3.06. The minimum atomic E-state index is -0.568. The molecule has 148 valence electrons. The van der Waals surface area contributed by atoms with Crippen LogP contribution in [0.4, 0.5) is 4.39 Å². The molecule has 0 aliphatic carbocycles. The van der Waals surface area contributed by atoms with E-state index in [1.807, 2.05) is 31.3 Å². The van der Waals surface area contributed by atoms with E-state index >= 15 is 0 Å². The van der Waals surface area contributed by atoms with Crippen LogP contribution in [0.3, 0.4) is 0 Å². The molecule has 0 saturated heterocycles. The molecule has 0 fully saturated rings. The zero-order valence-corrected chi connectivity index (χ0v) is 16.8. The number of nitrogens with one attached hydrogen (secondary N) is 1. The molecule has 1 heterocycles. The number of rotatable bonds is 8. The average molecular weight is 404 g/mol. The Kier molecular flexibility index (Phi) is 6.43. The highest BCUT2D eigenvalue weighted by Crippen LogP contribution is 2.23. The van der Waals surface area contributed by atoms with E-state index in [1.165, 1.54) is 16.5 Å². The van der Waals surface area contributed by atoms with Gasteiger partial charge >= 0.3 is 0 Å². The second-order valence-corrected chi connectivity index (χ2v) is 6.89. The van der Waals surface area contributed by atoms with Crippen LogP contribution in [0.1, 0.15) is 24.5 Å². The van der Waals surface area contributed by atoms with Gasteiger partial charge < -0.3 is 18.8 Å².